The summed E-state index contributed by atoms with van der Waals surface area (Å²) < 4.78 is 0. The summed E-state index contributed by atoms with van der Waals surface area (Å²) >= 11 is 0. The van der Waals surface area contributed by atoms with E-state index in [1.54, 1.807) is 0 Å². The Morgan fingerprint density at radius 2 is 1.74 bits per heavy atom. The zero-order chi connectivity index (χ0) is 13.8. The van der Waals surface area contributed by atoms with Crippen molar-refractivity contribution in [2.45, 2.75) is 45.1 Å². The Hall–Kier alpha value is -1.71. The summed E-state index contributed by atoms with van der Waals surface area (Å²) in [6.45, 7) is 2.16. The van der Waals surface area contributed by atoms with Gasteiger partial charge in [0, 0.05) is 17.7 Å². The summed E-state index contributed by atoms with van der Waals surface area (Å²) in [5, 5.41) is 21.8. The molecule has 104 valence electrons. The molecule has 2 rings (SSSR count). The van der Waals surface area contributed by atoms with Crippen LogP contribution < -0.4 is 5.32 Å². The second-order valence-electron chi connectivity index (χ2n) is 5.43. The normalized spacial score (nSPS) is 23.6. The second kappa shape index (κ2) is 5.95. The van der Waals surface area contributed by atoms with Gasteiger partial charge >= 0.3 is 0 Å². The smallest absolute Gasteiger partial charge is 0.251 e. The number of rotatable bonds is 2. The first kappa shape index (κ1) is 13.7. The van der Waals surface area contributed by atoms with Crippen LogP contribution in [0, 0.1) is 5.92 Å². The lowest BCUT2D eigenvalue weighted by Gasteiger charge is -2.22. The van der Waals surface area contributed by atoms with Gasteiger partial charge in [0.05, 0.1) is 0 Å². The highest BCUT2D eigenvalue weighted by molar-refractivity contribution is 5.95. The molecule has 4 nitrogen and oxygen atoms in total. The number of phenols is 2. The van der Waals surface area contributed by atoms with Crippen molar-refractivity contribution in [3.05, 3.63) is 23.8 Å². The van der Waals surface area contributed by atoms with E-state index in [-0.39, 0.29) is 23.4 Å². The zero-order valence-corrected chi connectivity index (χ0v) is 11.2. The van der Waals surface area contributed by atoms with Crippen LogP contribution >= 0.6 is 0 Å². The van der Waals surface area contributed by atoms with Crippen molar-refractivity contribution in [3.63, 3.8) is 0 Å². The van der Waals surface area contributed by atoms with E-state index >= 15 is 0 Å². The fourth-order valence-electron chi connectivity index (χ4n) is 2.69. The topological polar surface area (TPSA) is 69.6 Å². The van der Waals surface area contributed by atoms with E-state index in [0.29, 0.717) is 11.5 Å². The molecule has 2 atom stereocenters. The van der Waals surface area contributed by atoms with Crippen molar-refractivity contribution in [2.24, 2.45) is 5.92 Å². The third-order valence-electron chi connectivity index (χ3n) is 3.84. The molecule has 0 radical (unpaired) electrons. The molecule has 1 fully saturated rings. The third kappa shape index (κ3) is 3.63. The number of carbonyl (C=O) groups is 1. The van der Waals surface area contributed by atoms with Gasteiger partial charge in [0.1, 0.15) is 11.5 Å². The Labute approximate surface area is 113 Å². The van der Waals surface area contributed by atoms with Crippen LogP contribution in [0.5, 0.6) is 11.5 Å². The van der Waals surface area contributed by atoms with Gasteiger partial charge in [-0.1, -0.05) is 26.2 Å². The fraction of sp³-hybridized carbons (Fsp3) is 0.533. The van der Waals surface area contributed by atoms with Gasteiger partial charge in [0.2, 0.25) is 0 Å². The summed E-state index contributed by atoms with van der Waals surface area (Å²) in [5.41, 5.74) is 0.300. The SMILES string of the molecule is CC1CCCCCC1NC(=O)c1cc(O)cc(O)c1. The van der Waals surface area contributed by atoms with Crippen LogP contribution in [-0.4, -0.2) is 22.2 Å². The minimum Gasteiger partial charge on any atom is -0.508 e. The first-order valence-electron chi connectivity index (χ1n) is 6.90. The molecule has 0 heterocycles. The number of benzene rings is 1. The molecule has 1 amide bonds. The molecule has 0 saturated heterocycles. The number of hydrogen-bond acceptors (Lipinski definition) is 3. The Morgan fingerprint density at radius 1 is 1.11 bits per heavy atom. The highest BCUT2D eigenvalue weighted by Crippen LogP contribution is 2.24. The maximum Gasteiger partial charge on any atom is 0.251 e. The average molecular weight is 263 g/mol. The third-order valence-corrected chi connectivity index (χ3v) is 3.84. The maximum absolute atomic E-state index is 12.1. The van der Waals surface area contributed by atoms with Gasteiger partial charge in [-0.05, 0) is 30.9 Å². The molecule has 0 aromatic heterocycles. The van der Waals surface area contributed by atoms with Gasteiger partial charge in [-0.3, -0.25) is 4.79 Å². The predicted molar refractivity (Wildman–Crippen MR) is 73.3 cm³/mol. The van der Waals surface area contributed by atoms with Crippen molar-refractivity contribution in [3.8, 4) is 11.5 Å². The number of phenolic OH excluding ortho intramolecular Hbond substituents is 2. The van der Waals surface area contributed by atoms with Crippen LogP contribution in [0.15, 0.2) is 18.2 Å². The van der Waals surface area contributed by atoms with E-state index in [4.69, 9.17) is 0 Å². The standard InChI is InChI=1S/C15H21NO3/c1-10-5-3-2-4-6-14(10)16-15(19)11-7-12(17)9-13(18)8-11/h7-10,14,17-18H,2-6H2,1H3,(H,16,19). The molecule has 3 N–H and O–H groups in total. The molecular formula is C15H21NO3. The van der Waals surface area contributed by atoms with Crippen LogP contribution in [0.3, 0.4) is 0 Å². The van der Waals surface area contributed by atoms with Crippen molar-refractivity contribution >= 4 is 5.91 Å². The van der Waals surface area contributed by atoms with Crippen LogP contribution in [0.2, 0.25) is 0 Å². The van der Waals surface area contributed by atoms with Crippen LogP contribution in [0.1, 0.15) is 49.4 Å². The summed E-state index contributed by atoms with van der Waals surface area (Å²) in [4.78, 5) is 12.1. The lowest BCUT2D eigenvalue weighted by atomic mass is 9.96. The molecule has 1 aromatic carbocycles. The van der Waals surface area contributed by atoms with E-state index in [1.165, 1.54) is 31.0 Å². The highest BCUT2D eigenvalue weighted by Gasteiger charge is 2.22. The van der Waals surface area contributed by atoms with Crippen molar-refractivity contribution < 1.29 is 15.0 Å². The summed E-state index contributed by atoms with van der Waals surface area (Å²) in [6, 6.07) is 4.14. The number of amides is 1. The number of aromatic hydroxyl groups is 2. The molecule has 2 unspecified atom stereocenters. The second-order valence-corrected chi connectivity index (χ2v) is 5.43. The van der Waals surface area contributed by atoms with E-state index in [9.17, 15) is 15.0 Å². The molecule has 19 heavy (non-hydrogen) atoms. The molecule has 1 aromatic rings. The van der Waals surface area contributed by atoms with Crippen LogP contribution in [-0.2, 0) is 0 Å². The average Bonchev–Trinajstić information content (AvgIpc) is 2.54. The van der Waals surface area contributed by atoms with Crippen molar-refractivity contribution in [1.29, 1.82) is 0 Å². The number of nitrogens with one attached hydrogen (secondary N) is 1. The van der Waals surface area contributed by atoms with Gasteiger partial charge in [0.25, 0.3) is 5.91 Å². The first-order chi connectivity index (χ1) is 9.06. The van der Waals surface area contributed by atoms with E-state index in [2.05, 4.69) is 12.2 Å². The molecule has 1 aliphatic carbocycles. The monoisotopic (exact) mass is 263 g/mol. The van der Waals surface area contributed by atoms with E-state index in [0.717, 1.165) is 19.3 Å². The van der Waals surface area contributed by atoms with Crippen molar-refractivity contribution in [2.75, 3.05) is 0 Å². The molecule has 1 saturated carbocycles. The quantitative estimate of drug-likeness (QED) is 0.719. The van der Waals surface area contributed by atoms with Gasteiger partial charge in [-0.15, -0.1) is 0 Å². The Morgan fingerprint density at radius 3 is 2.42 bits per heavy atom. The molecule has 0 spiro atoms. The Bertz CT molecular complexity index is 438. The zero-order valence-electron chi connectivity index (χ0n) is 11.2. The Kier molecular flexibility index (Phi) is 4.30. The minimum absolute atomic E-state index is 0.0981. The largest absolute Gasteiger partial charge is 0.508 e. The fourth-order valence-corrected chi connectivity index (χ4v) is 2.69. The molecular weight excluding hydrogens is 242 g/mol. The Balaban J connectivity index is 2.07. The number of hydrogen-bond donors (Lipinski definition) is 3. The summed E-state index contributed by atoms with van der Waals surface area (Å²) in [7, 11) is 0. The van der Waals surface area contributed by atoms with E-state index in [1.807, 2.05) is 0 Å². The maximum atomic E-state index is 12.1. The van der Waals surface area contributed by atoms with Gasteiger partial charge in [-0.2, -0.15) is 0 Å². The van der Waals surface area contributed by atoms with Crippen LogP contribution in [0.4, 0.5) is 0 Å². The summed E-state index contributed by atoms with van der Waals surface area (Å²) in [5.74, 6) is 0.0421. The molecule has 4 heteroatoms. The predicted octanol–water partition coefficient (Wildman–Crippen LogP) is 2.80. The summed E-state index contributed by atoms with van der Waals surface area (Å²) in [6.07, 6.45) is 5.72. The lowest BCUT2D eigenvalue weighted by Crippen LogP contribution is -2.38. The molecule has 0 bridgehead atoms. The van der Waals surface area contributed by atoms with Crippen LogP contribution in [0.25, 0.3) is 0 Å². The number of carbonyl (C=O) groups excluding carboxylic acids is 1. The van der Waals surface area contributed by atoms with Gasteiger partial charge < -0.3 is 15.5 Å². The lowest BCUT2D eigenvalue weighted by molar-refractivity contribution is 0.0920. The minimum atomic E-state index is -0.232. The van der Waals surface area contributed by atoms with Gasteiger partial charge in [-0.25, -0.2) is 0 Å². The van der Waals surface area contributed by atoms with E-state index < -0.39 is 0 Å². The van der Waals surface area contributed by atoms with Crippen molar-refractivity contribution in [1.82, 2.24) is 5.32 Å². The molecule has 0 aliphatic heterocycles. The highest BCUT2D eigenvalue weighted by atomic mass is 16.3. The first-order valence-corrected chi connectivity index (χ1v) is 6.90. The molecule has 1 aliphatic rings. The van der Waals surface area contributed by atoms with Gasteiger partial charge in [0.15, 0.2) is 0 Å².